The molecule has 0 radical (unpaired) electrons. The van der Waals surface area contributed by atoms with Crippen molar-refractivity contribution < 1.29 is 14.6 Å². The molecule has 1 atom stereocenters. The van der Waals surface area contributed by atoms with Crippen LogP contribution in [-0.2, 0) is 15.9 Å². The van der Waals surface area contributed by atoms with Crippen LogP contribution in [0, 0.1) is 17.8 Å². The van der Waals surface area contributed by atoms with E-state index < -0.39 is 5.41 Å². The maximum absolute atomic E-state index is 9.65. The lowest BCUT2D eigenvalue weighted by Crippen LogP contribution is -2.33. The van der Waals surface area contributed by atoms with Gasteiger partial charge in [-0.3, -0.25) is 0 Å². The van der Waals surface area contributed by atoms with Crippen LogP contribution in [0.1, 0.15) is 12.0 Å². The quantitative estimate of drug-likeness (QED) is 0.433. The molecule has 1 rings (SSSR count). The van der Waals surface area contributed by atoms with Crippen molar-refractivity contribution in [2.75, 3.05) is 27.1 Å². The molecule has 0 amide bonds. The minimum atomic E-state index is -0.436. The van der Waals surface area contributed by atoms with Crippen molar-refractivity contribution in [3.8, 4) is 12.3 Å². The molecule has 0 aliphatic heterocycles. The van der Waals surface area contributed by atoms with Gasteiger partial charge in [0.1, 0.15) is 6.79 Å². The zero-order valence-electron chi connectivity index (χ0n) is 10.8. The monoisotopic (exact) mass is 248 g/mol. The lowest BCUT2D eigenvalue weighted by molar-refractivity contribution is -0.0752. The number of ether oxygens (including phenoxy) is 2. The molecule has 3 heteroatoms. The first-order chi connectivity index (χ1) is 8.76. The van der Waals surface area contributed by atoms with Crippen molar-refractivity contribution in [1.82, 2.24) is 0 Å². The van der Waals surface area contributed by atoms with E-state index >= 15 is 0 Å². The van der Waals surface area contributed by atoms with Gasteiger partial charge >= 0.3 is 0 Å². The number of hydrogen-bond donors (Lipinski definition) is 1. The molecule has 1 aromatic rings. The summed E-state index contributed by atoms with van der Waals surface area (Å²) in [5.41, 5.74) is 0.706. The Morgan fingerprint density at radius 2 is 2.06 bits per heavy atom. The van der Waals surface area contributed by atoms with Gasteiger partial charge in [0.2, 0.25) is 0 Å². The molecule has 0 aliphatic carbocycles. The van der Waals surface area contributed by atoms with Crippen LogP contribution < -0.4 is 0 Å². The van der Waals surface area contributed by atoms with Crippen molar-refractivity contribution in [2.45, 2.75) is 12.8 Å². The van der Waals surface area contributed by atoms with Crippen LogP contribution in [-0.4, -0.2) is 32.2 Å². The maximum atomic E-state index is 9.65. The highest BCUT2D eigenvalue weighted by atomic mass is 16.7. The summed E-state index contributed by atoms with van der Waals surface area (Å²) >= 11 is 0. The Kier molecular flexibility index (Phi) is 6.45. The van der Waals surface area contributed by atoms with E-state index in [1.807, 2.05) is 30.3 Å². The first kappa shape index (κ1) is 14.7. The van der Waals surface area contributed by atoms with Crippen LogP contribution in [0.5, 0.6) is 0 Å². The SMILES string of the molecule is C#CCC(CO)(COCOC)Cc1ccccc1. The fourth-order valence-corrected chi connectivity index (χ4v) is 1.91. The zero-order chi connectivity index (χ0) is 13.3. The molecule has 1 N–H and O–H groups in total. The Morgan fingerprint density at radius 3 is 2.61 bits per heavy atom. The normalized spacial score (nSPS) is 13.8. The van der Waals surface area contributed by atoms with Gasteiger partial charge in [0.15, 0.2) is 0 Å². The molecule has 18 heavy (non-hydrogen) atoms. The second-order valence-electron chi connectivity index (χ2n) is 4.46. The summed E-state index contributed by atoms with van der Waals surface area (Å²) in [4.78, 5) is 0. The van der Waals surface area contributed by atoms with E-state index in [4.69, 9.17) is 15.9 Å². The molecule has 98 valence electrons. The third-order valence-corrected chi connectivity index (χ3v) is 2.84. The third kappa shape index (κ3) is 4.50. The van der Waals surface area contributed by atoms with Gasteiger partial charge < -0.3 is 14.6 Å². The summed E-state index contributed by atoms with van der Waals surface area (Å²) in [6, 6.07) is 9.97. The van der Waals surface area contributed by atoms with Gasteiger partial charge in [-0.05, 0) is 12.0 Å². The minimum Gasteiger partial charge on any atom is -0.396 e. The molecular formula is C15H20O3. The van der Waals surface area contributed by atoms with Crippen LogP contribution in [0.3, 0.4) is 0 Å². The summed E-state index contributed by atoms with van der Waals surface area (Å²) < 4.78 is 10.2. The molecule has 0 aliphatic rings. The van der Waals surface area contributed by atoms with Gasteiger partial charge in [-0.2, -0.15) is 0 Å². The van der Waals surface area contributed by atoms with Gasteiger partial charge in [-0.25, -0.2) is 0 Å². The van der Waals surface area contributed by atoms with Gasteiger partial charge in [0.05, 0.1) is 13.2 Å². The zero-order valence-corrected chi connectivity index (χ0v) is 10.8. The number of aliphatic hydroxyl groups excluding tert-OH is 1. The Labute approximate surface area is 109 Å². The van der Waals surface area contributed by atoms with Crippen molar-refractivity contribution in [3.63, 3.8) is 0 Å². The van der Waals surface area contributed by atoms with E-state index in [2.05, 4.69) is 5.92 Å². The highest BCUT2D eigenvalue weighted by Gasteiger charge is 2.29. The molecule has 0 spiro atoms. The Bertz CT molecular complexity index is 369. The second-order valence-corrected chi connectivity index (χ2v) is 4.46. The lowest BCUT2D eigenvalue weighted by Gasteiger charge is -2.29. The Hall–Kier alpha value is -1.34. The fourth-order valence-electron chi connectivity index (χ4n) is 1.91. The van der Waals surface area contributed by atoms with Crippen molar-refractivity contribution in [2.24, 2.45) is 5.41 Å². The number of hydrogen-bond acceptors (Lipinski definition) is 3. The number of terminal acetylenes is 1. The van der Waals surface area contributed by atoms with Crippen LogP contribution in [0.2, 0.25) is 0 Å². The molecule has 3 nitrogen and oxygen atoms in total. The summed E-state index contributed by atoms with van der Waals surface area (Å²) in [5, 5.41) is 9.65. The van der Waals surface area contributed by atoms with E-state index in [0.717, 1.165) is 5.56 Å². The maximum Gasteiger partial charge on any atom is 0.146 e. The fraction of sp³-hybridized carbons (Fsp3) is 0.467. The molecule has 0 saturated heterocycles. The first-order valence-corrected chi connectivity index (χ1v) is 5.91. The van der Waals surface area contributed by atoms with Crippen molar-refractivity contribution in [3.05, 3.63) is 35.9 Å². The Balaban J connectivity index is 2.73. The standard InChI is InChI=1S/C15H20O3/c1-3-9-15(11-16,12-18-13-17-2)10-14-7-5-4-6-8-14/h1,4-8,16H,9-13H2,2H3. The van der Waals surface area contributed by atoms with Crippen molar-refractivity contribution in [1.29, 1.82) is 0 Å². The molecule has 0 heterocycles. The van der Waals surface area contributed by atoms with E-state index in [0.29, 0.717) is 19.4 Å². The Morgan fingerprint density at radius 1 is 1.33 bits per heavy atom. The molecule has 0 saturated carbocycles. The predicted octanol–water partition coefficient (Wildman–Crippen LogP) is 1.85. The summed E-state index contributed by atoms with van der Waals surface area (Å²) in [6.45, 7) is 0.591. The highest BCUT2D eigenvalue weighted by Crippen LogP contribution is 2.27. The molecule has 1 unspecified atom stereocenters. The third-order valence-electron chi connectivity index (χ3n) is 2.84. The molecular weight excluding hydrogens is 228 g/mol. The van der Waals surface area contributed by atoms with Crippen molar-refractivity contribution >= 4 is 0 Å². The smallest absolute Gasteiger partial charge is 0.146 e. The van der Waals surface area contributed by atoms with Gasteiger partial charge in [-0.15, -0.1) is 12.3 Å². The van der Waals surface area contributed by atoms with Crippen LogP contribution >= 0.6 is 0 Å². The van der Waals surface area contributed by atoms with Gasteiger partial charge in [0.25, 0.3) is 0 Å². The molecule has 1 aromatic carbocycles. The number of aliphatic hydroxyl groups is 1. The summed E-state index contributed by atoms with van der Waals surface area (Å²) in [6.07, 6.45) is 6.57. The van der Waals surface area contributed by atoms with E-state index in [1.165, 1.54) is 0 Å². The number of rotatable bonds is 8. The van der Waals surface area contributed by atoms with Gasteiger partial charge in [-0.1, -0.05) is 30.3 Å². The van der Waals surface area contributed by atoms with E-state index in [9.17, 15) is 5.11 Å². The average molecular weight is 248 g/mol. The number of methoxy groups -OCH3 is 1. The van der Waals surface area contributed by atoms with E-state index in [-0.39, 0.29) is 13.4 Å². The van der Waals surface area contributed by atoms with Crippen LogP contribution in [0.4, 0.5) is 0 Å². The second kappa shape index (κ2) is 7.88. The lowest BCUT2D eigenvalue weighted by atomic mass is 9.80. The summed E-state index contributed by atoms with van der Waals surface area (Å²) in [5.74, 6) is 2.63. The largest absolute Gasteiger partial charge is 0.396 e. The first-order valence-electron chi connectivity index (χ1n) is 5.91. The predicted molar refractivity (Wildman–Crippen MR) is 70.9 cm³/mol. The number of benzene rings is 1. The molecule has 0 aromatic heterocycles. The van der Waals surface area contributed by atoms with E-state index in [1.54, 1.807) is 7.11 Å². The van der Waals surface area contributed by atoms with Crippen LogP contribution in [0.25, 0.3) is 0 Å². The minimum absolute atomic E-state index is 0.00416. The molecule has 0 bridgehead atoms. The average Bonchev–Trinajstić information content (AvgIpc) is 2.40. The summed E-state index contributed by atoms with van der Waals surface area (Å²) in [7, 11) is 1.57. The van der Waals surface area contributed by atoms with Gasteiger partial charge in [0, 0.05) is 18.9 Å². The molecule has 0 fully saturated rings. The van der Waals surface area contributed by atoms with Crippen LogP contribution in [0.15, 0.2) is 30.3 Å². The topological polar surface area (TPSA) is 38.7 Å². The highest BCUT2D eigenvalue weighted by molar-refractivity contribution is 5.17.